The van der Waals surface area contributed by atoms with Gasteiger partial charge in [0.2, 0.25) is 0 Å². The predicted molar refractivity (Wildman–Crippen MR) is 73.7 cm³/mol. The van der Waals surface area contributed by atoms with E-state index in [0.717, 1.165) is 19.7 Å². The average molecular weight is 255 g/mol. The lowest BCUT2D eigenvalue weighted by Gasteiger charge is -2.43. The molecule has 2 atom stereocenters. The summed E-state index contributed by atoms with van der Waals surface area (Å²) in [5.41, 5.74) is 0.155. The third-order valence-corrected chi connectivity index (χ3v) is 4.78. The van der Waals surface area contributed by atoms with Gasteiger partial charge in [-0.3, -0.25) is 4.90 Å². The van der Waals surface area contributed by atoms with Crippen molar-refractivity contribution in [2.24, 2.45) is 5.41 Å². The van der Waals surface area contributed by atoms with E-state index in [1.165, 1.54) is 38.5 Å². The van der Waals surface area contributed by atoms with Crippen molar-refractivity contribution in [2.75, 3.05) is 26.3 Å². The van der Waals surface area contributed by atoms with Crippen LogP contribution in [0.1, 0.15) is 52.4 Å². The number of nitrogens with zero attached hydrogens (tertiary/aromatic N) is 1. The second kappa shape index (κ2) is 6.36. The summed E-state index contributed by atoms with van der Waals surface area (Å²) in [7, 11) is 0. The smallest absolute Gasteiger partial charge is 0.0674 e. The van der Waals surface area contributed by atoms with Gasteiger partial charge >= 0.3 is 0 Å². The van der Waals surface area contributed by atoms with Crippen LogP contribution in [0.25, 0.3) is 0 Å². The Morgan fingerprint density at radius 2 is 1.83 bits per heavy atom. The summed E-state index contributed by atoms with van der Waals surface area (Å²) in [6.07, 6.45) is 7.99. The molecule has 2 aliphatic rings. The monoisotopic (exact) mass is 255 g/mol. The zero-order valence-electron chi connectivity index (χ0n) is 12.0. The van der Waals surface area contributed by atoms with Gasteiger partial charge in [-0.2, -0.15) is 0 Å². The molecule has 1 N–H and O–H groups in total. The van der Waals surface area contributed by atoms with E-state index < -0.39 is 0 Å². The molecular formula is C15H29NO2. The zero-order valence-corrected chi connectivity index (χ0v) is 12.0. The van der Waals surface area contributed by atoms with Crippen molar-refractivity contribution < 1.29 is 9.84 Å². The number of hydrogen-bond donors (Lipinski definition) is 1. The van der Waals surface area contributed by atoms with Gasteiger partial charge in [-0.25, -0.2) is 0 Å². The summed E-state index contributed by atoms with van der Waals surface area (Å²) in [6, 6.07) is 0.493. The SMILES string of the molecule is CC1CN(CC2(CO)CCCCCC2)C(C)CO1. The molecule has 0 spiro atoms. The molecule has 2 fully saturated rings. The summed E-state index contributed by atoms with van der Waals surface area (Å²) in [5, 5.41) is 9.89. The molecule has 1 saturated carbocycles. The minimum Gasteiger partial charge on any atom is -0.396 e. The van der Waals surface area contributed by atoms with Gasteiger partial charge in [0.05, 0.1) is 12.7 Å². The highest BCUT2D eigenvalue weighted by Crippen LogP contribution is 2.36. The van der Waals surface area contributed by atoms with E-state index in [0.29, 0.717) is 18.8 Å². The zero-order chi connectivity index (χ0) is 13.0. The molecule has 3 heteroatoms. The normalized spacial score (nSPS) is 34.2. The quantitative estimate of drug-likeness (QED) is 0.786. The van der Waals surface area contributed by atoms with Crippen LogP contribution < -0.4 is 0 Å². The number of rotatable bonds is 3. The lowest BCUT2D eigenvalue weighted by molar-refractivity contribution is -0.0710. The van der Waals surface area contributed by atoms with E-state index in [1.807, 2.05) is 0 Å². The van der Waals surface area contributed by atoms with Crippen LogP contribution in [0, 0.1) is 5.41 Å². The van der Waals surface area contributed by atoms with Gasteiger partial charge in [0, 0.05) is 31.2 Å². The first kappa shape index (κ1) is 14.3. The van der Waals surface area contributed by atoms with Gasteiger partial charge in [0.15, 0.2) is 0 Å². The Morgan fingerprint density at radius 3 is 2.44 bits per heavy atom. The molecule has 0 radical (unpaired) electrons. The minimum atomic E-state index is 0.155. The molecule has 0 amide bonds. The minimum absolute atomic E-state index is 0.155. The van der Waals surface area contributed by atoms with Crippen molar-refractivity contribution in [2.45, 2.75) is 64.5 Å². The van der Waals surface area contributed by atoms with Crippen molar-refractivity contribution in [3.63, 3.8) is 0 Å². The van der Waals surface area contributed by atoms with Gasteiger partial charge in [-0.15, -0.1) is 0 Å². The van der Waals surface area contributed by atoms with Gasteiger partial charge in [-0.1, -0.05) is 25.7 Å². The molecule has 2 unspecified atom stereocenters. The molecule has 0 aromatic rings. The molecule has 0 aromatic heterocycles. The van der Waals surface area contributed by atoms with E-state index in [1.54, 1.807) is 0 Å². The van der Waals surface area contributed by atoms with Gasteiger partial charge in [-0.05, 0) is 26.7 Å². The third-order valence-electron chi connectivity index (χ3n) is 4.78. The van der Waals surface area contributed by atoms with Gasteiger partial charge < -0.3 is 9.84 Å². The number of ether oxygens (including phenoxy) is 1. The maximum absolute atomic E-state index is 9.89. The molecular weight excluding hydrogens is 226 g/mol. The van der Waals surface area contributed by atoms with Crippen LogP contribution in [-0.4, -0.2) is 48.5 Å². The fraction of sp³-hybridized carbons (Fsp3) is 1.00. The largest absolute Gasteiger partial charge is 0.396 e. The Bertz CT molecular complexity index is 249. The Balaban J connectivity index is 1.99. The van der Waals surface area contributed by atoms with Crippen LogP contribution in [0.2, 0.25) is 0 Å². The van der Waals surface area contributed by atoms with Gasteiger partial charge in [0.25, 0.3) is 0 Å². The van der Waals surface area contributed by atoms with Crippen LogP contribution in [0.4, 0.5) is 0 Å². The number of aliphatic hydroxyl groups is 1. The molecule has 1 aliphatic carbocycles. The molecule has 1 saturated heterocycles. The average Bonchev–Trinajstić information content (AvgIpc) is 2.60. The molecule has 3 nitrogen and oxygen atoms in total. The first-order chi connectivity index (χ1) is 8.65. The van der Waals surface area contributed by atoms with E-state index in [9.17, 15) is 5.11 Å². The lowest BCUT2D eigenvalue weighted by atomic mass is 9.80. The van der Waals surface area contributed by atoms with E-state index in [4.69, 9.17) is 4.74 Å². The van der Waals surface area contributed by atoms with Crippen molar-refractivity contribution in [1.82, 2.24) is 4.90 Å². The maximum Gasteiger partial charge on any atom is 0.0674 e. The van der Waals surface area contributed by atoms with E-state index in [2.05, 4.69) is 18.7 Å². The lowest BCUT2D eigenvalue weighted by Crippen LogP contribution is -2.52. The fourth-order valence-corrected chi connectivity index (χ4v) is 3.47. The highest BCUT2D eigenvalue weighted by molar-refractivity contribution is 4.87. The molecule has 0 aromatic carbocycles. The highest BCUT2D eigenvalue weighted by Gasteiger charge is 2.35. The van der Waals surface area contributed by atoms with Crippen molar-refractivity contribution in [3.8, 4) is 0 Å². The van der Waals surface area contributed by atoms with E-state index in [-0.39, 0.29) is 5.41 Å². The molecule has 1 heterocycles. The van der Waals surface area contributed by atoms with Crippen LogP contribution >= 0.6 is 0 Å². The van der Waals surface area contributed by atoms with Crippen LogP contribution in [0.3, 0.4) is 0 Å². The fourth-order valence-electron chi connectivity index (χ4n) is 3.47. The Kier molecular flexibility index (Phi) is 5.05. The van der Waals surface area contributed by atoms with Crippen LogP contribution in [0.15, 0.2) is 0 Å². The summed E-state index contributed by atoms with van der Waals surface area (Å²) in [4.78, 5) is 2.54. The Hall–Kier alpha value is -0.120. The summed E-state index contributed by atoms with van der Waals surface area (Å²) in [6.45, 7) is 7.65. The highest BCUT2D eigenvalue weighted by atomic mass is 16.5. The molecule has 1 aliphatic heterocycles. The number of aliphatic hydroxyl groups excluding tert-OH is 1. The van der Waals surface area contributed by atoms with Crippen molar-refractivity contribution >= 4 is 0 Å². The van der Waals surface area contributed by atoms with Crippen molar-refractivity contribution in [3.05, 3.63) is 0 Å². The second-order valence-electron chi connectivity index (χ2n) is 6.49. The molecule has 18 heavy (non-hydrogen) atoms. The second-order valence-corrected chi connectivity index (χ2v) is 6.49. The summed E-state index contributed by atoms with van der Waals surface area (Å²) < 4.78 is 5.70. The number of hydrogen-bond acceptors (Lipinski definition) is 3. The first-order valence-electron chi connectivity index (χ1n) is 7.62. The topological polar surface area (TPSA) is 32.7 Å². The van der Waals surface area contributed by atoms with Crippen LogP contribution in [0.5, 0.6) is 0 Å². The Labute approximate surface area is 112 Å². The van der Waals surface area contributed by atoms with Gasteiger partial charge in [0.1, 0.15) is 0 Å². The van der Waals surface area contributed by atoms with E-state index >= 15 is 0 Å². The molecule has 0 bridgehead atoms. The molecule has 106 valence electrons. The summed E-state index contributed by atoms with van der Waals surface area (Å²) in [5.74, 6) is 0. The van der Waals surface area contributed by atoms with Crippen molar-refractivity contribution in [1.29, 1.82) is 0 Å². The standard InChI is InChI=1S/C15H29NO2/c1-13-10-18-14(2)9-16(13)11-15(12-17)7-5-3-4-6-8-15/h13-14,17H,3-12H2,1-2H3. The third kappa shape index (κ3) is 3.46. The Morgan fingerprint density at radius 1 is 1.17 bits per heavy atom. The summed E-state index contributed by atoms with van der Waals surface area (Å²) >= 11 is 0. The maximum atomic E-state index is 9.89. The van der Waals surface area contributed by atoms with Crippen LogP contribution in [-0.2, 0) is 4.74 Å². The number of morpholine rings is 1. The molecule has 2 rings (SSSR count). The predicted octanol–water partition coefficient (Wildman–Crippen LogP) is 2.43. The first-order valence-corrected chi connectivity index (χ1v) is 7.62.